The number of hydrogen-bond acceptors (Lipinski definition) is 9. The van der Waals surface area contributed by atoms with Crippen molar-refractivity contribution >= 4 is 11.8 Å². The van der Waals surface area contributed by atoms with Crippen molar-refractivity contribution in [2.75, 3.05) is 41.2 Å². The van der Waals surface area contributed by atoms with Gasteiger partial charge in [-0.2, -0.15) is 0 Å². The molecule has 9 nitrogen and oxygen atoms in total. The monoisotopic (exact) mass is 627 g/mol. The van der Waals surface area contributed by atoms with Crippen molar-refractivity contribution in [2.45, 2.75) is 44.9 Å². The highest BCUT2D eigenvalue weighted by Gasteiger charge is 2.42. The highest BCUT2D eigenvalue weighted by Crippen LogP contribution is 2.47. The van der Waals surface area contributed by atoms with E-state index in [1.807, 2.05) is 80.6 Å². The molecule has 9 heteroatoms. The number of carbonyl (C=O) groups is 2. The molecule has 0 saturated heterocycles. The predicted molar refractivity (Wildman–Crippen MR) is 174 cm³/mol. The Morgan fingerprint density at radius 1 is 0.783 bits per heavy atom. The minimum absolute atomic E-state index is 0.0472. The van der Waals surface area contributed by atoms with Crippen LogP contribution in [0.2, 0.25) is 0 Å². The van der Waals surface area contributed by atoms with E-state index in [1.54, 1.807) is 21.3 Å². The second-order valence-corrected chi connectivity index (χ2v) is 11.2. The van der Waals surface area contributed by atoms with Gasteiger partial charge in [0.05, 0.1) is 33.5 Å². The van der Waals surface area contributed by atoms with E-state index < -0.39 is 11.9 Å². The number of ketones is 1. The van der Waals surface area contributed by atoms with Gasteiger partial charge >= 0.3 is 5.97 Å². The minimum atomic E-state index is -0.660. The van der Waals surface area contributed by atoms with Crippen LogP contribution in [0.15, 0.2) is 89.3 Å². The number of allylic oxidation sites excluding steroid dienone is 3. The summed E-state index contributed by atoms with van der Waals surface area (Å²) in [6, 6.07) is 20.7. The Labute approximate surface area is 270 Å². The number of benzene rings is 3. The fraction of sp³-hybridized carbons (Fsp3) is 0.351. The predicted octanol–water partition coefficient (Wildman–Crippen LogP) is 6.49. The number of hydrogen-bond donors (Lipinski definition) is 1. The number of carbonyl (C=O) groups excluding carboxylic acids is 2. The molecule has 0 saturated carbocycles. The Morgan fingerprint density at radius 2 is 1.46 bits per heavy atom. The molecule has 0 fully saturated rings. The zero-order valence-electron chi connectivity index (χ0n) is 27.0. The van der Waals surface area contributed by atoms with Crippen molar-refractivity contribution in [2.24, 2.45) is 0 Å². The van der Waals surface area contributed by atoms with Gasteiger partial charge in [-0.25, -0.2) is 4.79 Å². The zero-order chi connectivity index (χ0) is 32.6. The summed E-state index contributed by atoms with van der Waals surface area (Å²) in [7, 11) is 4.76. The molecule has 0 aromatic heterocycles. The lowest BCUT2D eigenvalue weighted by Gasteiger charge is -2.37. The first-order valence-electron chi connectivity index (χ1n) is 15.5. The normalized spacial score (nSPS) is 17.5. The molecule has 1 N–H and O–H groups in total. The van der Waals surface area contributed by atoms with Crippen LogP contribution in [0.3, 0.4) is 0 Å². The van der Waals surface area contributed by atoms with Crippen LogP contribution in [0.1, 0.15) is 56.1 Å². The van der Waals surface area contributed by atoms with Gasteiger partial charge in [0.25, 0.3) is 0 Å². The first-order valence-corrected chi connectivity index (χ1v) is 15.5. The largest absolute Gasteiger partial charge is 0.493 e. The van der Waals surface area contributed by atoms with E-state index in [0.717, 1.165) is 23.2 Å². The molecule has 2 atom stereocenters. The van der Waals surface area contributed by atoms with Crippen LogP contribution in [-0.4, -0.2) is 52.9 Å². The SMILES string of the molecule is CCCOc1ccc([C@H]2C(C(=O)OCCOc3ccccc3)=C(C)NC3=C2C(=O)C[C@H](c2ccc(OC)c(OC)c2)C3)cc1OC. The van der Waals surface area contributed by atoms with Crippen molar-refractivity contribution < 1.29 is 38.0 Å². The zero-order valence-corrected chi connectivity index (χ0v) is 27.0. The maximum atomic E-state index is 14.1. The van der Waals surface area contributed by atoms with Crippen LogP contribution < -0.4 is 29.0 Å². The highest BCUT2D eigenvalue weighted by atomic mass is 16.6. The quantitative estimate of drug-likeness (QED) is 0.168. The van der Waals surface area contributed by atoms with Gasteiger partial charge in [-0.3, -0.25) is 4.79 Å². The third-order valence-electron chi connectivity index (χ3n) is 8.24. The Morgan fingerprint density at radius 3 is 2.17 bits per heavy atom. The molecule has 0 radical (unpaired) electrons. The maximum Gasteiger partial charge on any atom is 0.336 e. The van der Waals surface area contributed by atoms with Crippen LogP contribution in [0.4, 0.5) is 0 Å². The number of methoxy groups -OCH3 is 3. The summed E-state index contributed by atoms with van der Waals surface area (Å²) in [6.45, 7) is 4.65. The average molecular weight is 628 g/mol. The second-order valence-electron chi connectivity index (χ2n) is 11.2. The molecule has 3 aromatic carbocycles. The molecule has 3 aromatic rings. The van der Waals surface area contributed by atoms with Crippen molar-refractivity contribution in [3.63, 3.8) is 0 Å². The third-order valence-corrected chi connectivity index (χ3v) is 8.24. The Kier molecular flexibility index (Phi) is 10.5. The summed E-state index contributed by atoms with van der Waals surface area (Å²) < 4.78 is 34.0. The van der Waals surface area contributed by atoms with E-state index in [1.165, 1.54) is 0 Å². The third kappa shape index (κ3) is 6.98. The molecular weight excluding hydrogens is 586 g/mol. The van der Waals surface area contributed by atoms with Crippen LogP contribution in [0.25, 0.3) is 0 Å². The lowest BCUT2D eigenvalue weighted by atomic mass is 9.71. The summed E-state index contributed by atoms with van der Waals surface area (Å²) in [5.41, 5.74) is 4.05. The number of dihydropyridines is 1. The molecule has 0 unspecified atom stereocenters. The molecule has 5 rings (SSSR count). The summed E-state index contributed by atoms with van der Waals surface area (Å²) >= 11 is 0. The Bertz CT molecular complexity index is 1630. The average Bonchev–Trinajstić information content (AvgIpc) is 3.08. The second kappa shape index (κ2) is 14.9. The molecule has 1 heterocycles. The molecule has 1 aliphatic heterocycles. The van der Waals surface area contributed by atoms with Gasteiger partial charge in [-0.05, 0) is 73.2 Å². The lowest BCUT2D eigenvalue weighted by molar-refractivity contribution is -0.140. The Hall–Kier alpha value is -4.92. The maximum absolute atomic E-state index is 14.1. The van der Waals surface area contributed by atoms with Gasteiger partial charge < -0.3 is 33.7 Å². The summed E-state index contributed by atoms with van der Waals surface area (Å²) in [5, 5.41) is 3.41. The van der Waals surface area contributed by atoms with Gasteiger partial charge in [0.2, 0.25) is 0 Å². The highest BCUT2D eigenvalue weighted by molar-refractivity contribution is 6.04. The van der Waals surface area contributed by atoms with E-state index in [0.29, 0.717) is 58.6 Å². The fourth-order valence-corrected chi connectivity index (χ4v) is 6.07. The van der Waals surface area contributed by atoms with E-state index in [2.05, 4.69) is 5.32 Å². The molecule has 46 heavy (non-hydrogen) atoms. The van der Waals surface area contributed by atoms with E-state index in [-0.39, 0.29) is 31.3 Å². The van der Waals surface area contributed by atoms with Crippen molar-refractivity contribution in [1.82, 2.24) is 5.32 Å². The first-order chi connectivity index (χ1) is 22.4. The van der Waals surface area contributed by atoms with Crippen molar-refractivity contribution in [1.29, 1.82) is 0 Å². The first kappa shape index (κ1) is 32.5. The van der Waals surface area contributed by atoms with Crippen LogP contribution >= 0.6 is 0 Å². The molecular formula is C37H41NO8. The van der Waals surface area contributed by atoms with Gasteiger partial charge in [0, 0.05) is 29.3 Å². The van der Waals surface area contributed by atoms with Gasteiger partial charge in [-0.1, -0.05) is 37.3 Å². The smallest absolute Gasteiger partial charge is 0.336 e. The Balaban J connectivity index is 1.47. The number of para-hydroxylation sites is 1. The summed E-state index contributed by atoms with van der Waals surface area (Å²) in [6.07, 6.45) is 1.69. The van der Waals surface area contributed by atoms with Crippen molar-refractivity contribution in [3.05, 3.63) is 100 Å². The lowest BCUT2D eigenvalue weighted by Crippen LogP contribution is -2.36. The number of rotatable bonds is 13. The van der Waals surface area contributed by atoms with Crippen LogP contribution in [-0.2, 0) is 14.3 Å². The minimum Gasteiger partial charge on any atom is -0.493 e. The standard InChI is InChI=1S/C37H41NO8/c1-6-16-45-31-15-13-25(22-33(31)43-5)35-34(37(40)46-18-17-44-27-10-8-7-9-11-27)23(2)38-28-19-26(20-29(39)36(28)35)24-12-14-30(41-3)32(21-24)42-4/h7-15,21-22,26,35,38H,6,16-20H2,1-5H3/t26-,35+/m1/s1. The summed E-state index contributed by atoms with van der Waals surface area (Å²) in [5.74, 6) is 1.74. The van der Waals surface area contributed by atoms with Crippen LogP contribution in [0.5, 0.6) is 28.7 Å². The van der Waals surface area contributed by atoms with E-state index >= 15 is 0 Å². The van der Waals surface area contributed by atoms with Crippen LogP contribution in [0, 0.1) is 0 Å². The number of esters is 1. The molecule has 0 spiro atoms. The molecule has 0 amide bonds. The number of ether oxygens (including phenoxy) is 6. The van der Waals surface area contributed by atoms with Gasteiger partial charge in [0.1, 0.15) is 19.0 Å². The molecule has 1 aliphatic carbocycles. The number of nitrogens with one attached hydrogen (secondary N) is 1. The molecule has 2 aliphatic rings. The van der Waals surface area contributed by atoms with Gasteiger partial charge in [-0.15, -0.1) is 0 Å². The number of Topliss-reactive ketones (excluding diaryl/α,β-unsaturated/α-hetero) is 1. The molecule has 0 bridgehead atoms. The van der Waals surface area contributed by atoms with E-state index in [4.69, 9.17) is 28.4 Å². The van der Waals surface area contributed by atoms with Gasteiger partial charge in [0.15, 0.2) is 28.8 Å². The molecule has 242 valence electrons. The van der Waals surface area contributed by atoms with Crippen molar-refractivity contribution in [3.8, 4) is 28.7 Å². The summed E-state index contributed by atoms with van der Waals surface area (Å²) in [4.78, 5) is 27.9. The topological polar surface area (TPSA) is 102 Å². The fourth-order valence-electron chi connectivity index (χ4n) is 6.07. The van der Waals surface area contributed by atoms with E-state index in [9.17, 15) is 9.59 Å².